The van der Waals surface area contributed by atoms with E-state index in [9.17, 15) is 0 Å². The number of hydrogen-bond donors (Lipinski definition) is 2. The van der Waals surface area contributed by atoms with Crippen molar-refractivity contribution < 1.29 is 0 Å². The molecule has 2 aromatic heterocycles. The summed E-state index contributed by atoms with van der Waals surface area (Å²) in [5.41, 5.74) is 9.11. The molecule has 0 spiro atoms. The molecule has 0 saturated carbocycles. The van der Waals surface area contributed by atoms with Crippen LogP contribution in [-0.2, 0) is 0 Å². The number of thioether (sulfide) groups is 1. The van der Waals surface area contributed by atoms with Crippen molar-refractivity contribution in [2.24, 2.45) is 0 Å². The van der Waals surface area contributed by atoms with Gasteiger partial charge >= 0.3 is 0 Å². The minimum atomic E-state index is 0.252. The second-order valence-corrected chi connectivity index (χ2v) is 7.56. The molecule has 0 radical (unpaired) electrons. The molecule has 6 heteroatoms. The maximum absolute atomic E-state index is 6.08. The molecule has 2 atom stereocenters. The molecule has 4 heterocycles. The molecular weight excluding hydrogens is 306 g/mol. The van der Waals surface area contributed by atoms with Gasteiger partial charge in [-0.05, 0) is 31.2 Å². The van der Waals surface area contributed by atoms with E-state index in [1.165, 1.54) is 17.7 Å². The zero-order chi connectivity index (χ0) is 15.8. The largest absolute Gasteiger partial charge is 0.381 e. The highest BCUT2D eigenvalue weighted by Gasteiger charge is 2.22. The predicted octanol–water partition coefficient (Wildman–Crippen LogP) is 3.03. The number of rotatable bonds is 2. The van der Waals surface area contributed by atoms with Gasteiger partial charge in [-0.1, -0.05) is 18.2 Å². The minimum absolute atomic E-state index is 0.252. The molecule has 1 unspecified atom stereocenters. The standard InChI is InChI=1S/C17H21N5S/c1-11-4-2-6-15(23-11)14-9-20-16(18)17-21-13(10-22(14)17)12-5-3-7-19-8-12/h2,4,6,9-10,12,15,19H,3,5,7-8H2,1H3,(H2,18,20)/t12-,15?/m0/s1. The van der Waals surface area contributed by atoms with Gasteiger partial charge in [0.2, 0.25) is 0 Å². The van der Waals surface area contributed by atoms with Crippen LogP contribution in [0.15, 0.2) is 35.5 Å². The first-order valence-corrected chi connectivity index (χ1v) is 8.96. The Morgan fingerprint density at radius 1 is 1.43 bits per heavy atom. The van der Waals surface area contributed by atoms with E-state index in [1.54, 1.807) is 0 Å². The van der Waals surface area contributed by atoms with Crippen LogP contribution >= 0.6 is 11.8 Å². The number of fused-ring (bicyclic) bond motifs is 1. The SMILES string of the molecule is CC1=CC=CC(c2cnc(N)c3nc([C@H]4CCCNC4)cn23)S1. The van der Waals surface area contributed by atoms with Gasteiger partial charge in [-0.3, -0.25) is 4.40 Å². The molecule has 23 heavy (non-hydrogen) atoms. The van der Waals surface area contributed by atoms with Gasteiger partial charge in [-0.2, -0.15) is 0 Å². The lowest BCUT2D eigenvalue weighted by Crippen LogP contribution is -2.28. The van der Waals surface area contributed by atoms with Crippen LogP contribution in [0.5, 0.6) is 0 Å². The lowest BCUT2D eigenvalue weighted by Gasteiger charge is -2.20. The summed E-state index contributed by atoms with van der Waals surface area (Å²) >= 11 is 1.84. The number of aromatic nitrogens is 3. The van der Waals surface area contributed by atoms with Gasteiger partial charge in [-0.25, -0.2) is 9.97 Å². The van der Waals surface area contributed by atoms with E-state index in [1.807, 2.05) is 18.0 Å². The number of piperidine rings is 1. The second-order valence-electron chi connectivity index (χ2n) is 6.17. The average Bonchev–Trinajstić information content (AvgIpc) is 3.02. The van der Waals surface area contributed by atoms with E-state index < -0.39 is 0 Å². The molecular formula is C17H21N5S. The molecule has 120 valence electrons. The monoisotopic (exact) mass is 327 g/mol. The molecule has 2 aliphatic heterocycles. The van der Waals surface area contributed by atoms with E-state index in [0.717, 1.165) is 30.1 Å². The molecule has 2 aliphatic rings. The van der Waals surface area contributed by atoms with Crippen LogP contribution in [-0.4, -0.2) is 27.5 Å². The summed E-state index contributed by atoms with van der Waals surface area (Å²) in [7, 11) is 0. The summed E-state index contributed by atoms with van der Waals surface area (Å²) in [6.07, 6.45) is 12.9. The molecule has 3 N–H and O–H groups in total. The first kappa shape index (κ1) is 14.8. The zero-order valence-electron chi connectivity index (χ0n) is 13.2. The number of nitrogens with two attached hydrogens (primary N) is 1. The van der Waals surface area contributed by atoms with E-state index in [-0.39, 0.29) is 5.25 Å². The van der Waals surface area contributed by atoms with Gasteiger partial charge in [0, 0.05) is 18.7 Å². The fourth-order valence-electron chi connectivity index (χ4n) is 3.27. The highest BCUT2D eigenvalue weighted by atomic mass is 32.2. The molecule has 1 saturated heterocycles. The van der Waals surface area contributed by atoms with Crippen LogP contribution < -0.4 is 11.1 Å². The Morgan fingerprint density at radius 2 is 2.35 bits per heavy atom. The lowest BCUT2D eigenvalue weighted by atomic mass is 9.97. The van der Waals surface area contributed by atoms with Crippen molar-refractivity contribution in [3.05, 3.63) is 46.9 Å². The second kappa shape index (κ2) is 6.02. The van der Waals surface area contributed by atoms with Crippen molar-refractivity contribution in [3.63, 3.8) is 0 Å². The Hall–Kier alpha value is -1.79. The smallest absolute Gasteiger partial charge is 0.180 e. The van der Waals surface area contributed by atoms with Crippen LogP contribution in [0.1, 0.15) is 42.3 Å². The molecule has 0 aromatic carbocycles. The Bertz CT molecular complexity index is 786. The highest BCUT2D eigenvalue weighted by Crippen LogP contribution is 2.39. The van der Waals surface area contributed by atoms with Crippen LogP contribution in [0, 0.1) is 0 Å². The van der Waals surface area contributed by atoms with E-state index >= 15 is 0 Å². The first-order chi connectivity index (χ1) is 11.2. The predicted molar refractivity (Wildman–Crippen MR) is 95.5 cm³/mol. The fraction of sp³-hybridized carbons (Fsp3) is 0.412. The summed E-state index contributed by atoms with van der Waals surface area (Å²) in [5.74, 6) is 0.966. The van der Waals surface area contributed by atoms with E-state index in [2.05, 4.69) is 46.1 Å². The van der Waals surface area contributed by atoms with Crippen molar-refractivity contribution in [1.29, 1.82) is 0 Å². The molecule has 4 rings (SSSR count). The number of hydrogen-bond acceptors (Lipinski definition) is 5. The Labute approximate surface area is 140 Å². The van der Waals surface area contributed by atoms with Crippen LogP contribution in [0.25, 0.3) is 5.65 Å². The molecule has 1 fully saturated rings. The summed E-state index contributed by atoms with van der Waals surface area (Å²) in [4.78, 5) is 10.5. The molecule has 2 aromatic rings. The molecule has 5 nitrogen and oxygen atoms in total. The molecule has 0 aliphatic carbocycles. The van der Waals surface area contributed by atoms with Crippen molar-refractivity contribution in [2.45, 2.75) is 30.9 Å². The van der Waals surface area contributed by atoms with Crippen molar-refractivity contribution in [3.8, 4) is 0 Å². The van der Waals surface area contributed by atoms with E-state index in [0.29, 0.717) is 11.7 Å². The molecule has 0 bridgehead atoms. The third kappa shape index (κ3) is 2.77. The van der Waals surface area contributed by atoms with E-state index in [4.69, 9.17) is 10.7 Å². The van der Waals surface area contributed by atoms with Crippen LogP contribution in [0.2, 0.25) is 0 Å². The van der Waals surface area contributed by atoms with Gasteiger partial charge in [0.15, 0.2) is 11.5 Å². The van der Waals surface area contributed by atoms with Gasteiger partial charge in [0.25, 0.3) is 0 Å². The van der Waals surface area contributed by atoms with Crippen LogP contribution in [0.3, 0.4) is 0 Å². The quantitative estimate of drug-likeness (QED) is 0.887. The van der Waals surface area contributed by atoms with Gasteiger partial charge < -0.3 is 11.1 Å². The summed E-state index contributed by atoms with van der Waals surface area (Å²) in [5, 5.41) is 3.71. The number of anilines is 1. The van der Waals surface area contributed by atoms with Crippen molar-refractivity contribution >= 4 is 23.2 Å². The zero-order valence-corrected chi connectivity index (χ0v) is 14.0. The Balaban J connectivity index is 1.77. The summed E-state index contributed by atoms with van der Waals surface area (Å²) in [6.45, 7) is 4.23. The summed E-state index contributed by atoms with van der Waals surface area (Å²) in [6, 6.07) is 0. The van der Waals surface area contributed by atoms with Gasteiger partial charge in [-0.15, -0.1) is 11.8 Å². The fourth-order valence-corrected chi connectivity index (χ4v) is 4.29. The number of allylic oxidation sites excluding steroid dienone is 3. The first-order valence-electron chi connectivity index (χ1n) is 8.08. The topological polar surface area (TPSA) is 68.2 Å². The van der Waals surface area contributed by atoms with Crippen molar-refractivity contribution in [1.82, 2.24) is 19.7 Å². The third-order valence-corrected chi connectivity index (χ3v) is 5.66. The van der Waals surface area contributed by atoms with Gasteiger partial charge in [0.1, 0.15) is 0 Å². The highest BCUT2D eigenvalue weighted by molar-refractivity contribution is 8.03. The number of nitrogens with zero attached hydrogens (tertiary/aromatic N) is 3. The minimum Gasteiger partial charge on any atom is -0.381 e. The summed E-state index contributed by atoms with van der Waals surface area (Å²) < 4.78 is 2.13. The normalized spacial score (nSPS) is 24.8. The van der Waals surface area contributed by atoms with Crippen molar-refractivity contribution in [2.75, 3.05) is 18.8 Å². The van der Waals surface area contributed by atoms with Gasteiger partial charge in [0.05, 0.1) is 22.8 Å². The number of imidazole rings is 1. The lowest BCUT2D eigenvalue weighted by molar-refractivity contribution is 0.456. The maximum atomic E-state index is 6.08. The number of nitrogens with one attached hydrogen (secondary N) is 1. The van der Waals surface area contributed by atoms with Crippen LogP contribution in [0.4, 0.5) is 5.82 Å². The number of nitrogen functional groups attached to an aromatic ring is 1. The average molecular weight is 327 g/mol. The molecule has 0 amide bonds. The third-order valence-electron chi connectivity index (χ3n) is 4.50. The maximum Gasteiger partial charge on any atom is 0.180 e. The Kier molecular flexibility index (Phi) is 3.87. The Morgan fingerprint density at radius 3 is 3.13 bits per heavy atom.